The fraction of sp³-hybridized carbons (Fsp3) is 0.417. The molecule has 1 aliphatic heterocycles. The molecule has 9 heteroatoms. The Balaban J connectivity index is 1.95. The van der Waals surface area contributed by atoms with Crippen molar-refractivity contribution in [3.8, 4) is 0 Å². The SMILES string of the molecule is O=C(O)C1CCN(c2ccc3nsnc3c2[N+](=O)[O-])CC1. The number of nitrogens with zero attached hydrogens (tertiary/aromatic N) is 4. The van der Waals surface area contributed by atoms with Gasteiger partial charge in [0.1, 0.15) is 11.2 Å². The number of nitro groups is 1. The van der Waals surface area contributed by atoms with Crippen LogP contribution in [0.25, 0.3) is 11.0 Å². The van der Waals surface area contributed by atoms with E-state index in [1.807, 2.05) is 4.90 Å². The highest BCUT2D eigenvalue weighted by molar-refractivity contribution is 7.00. The van der Waals surface area contributed by atoms with Gasteiger partial charge in [-0.1, -0.05) is 0 Å². The molecule has 8 nitrogen and oxygen atoms in total. The number of carbonyl (C=O) groups is 1. The highest BCUT2D eigenvalue weighted by Gasteiger charge is 2.30. The normalized spacial score (nSPS) is 16.3. The highest BCUT2D eigenvalue weighted by atomic mass is 32.1. The zero-order chi connectivity index (χ0) is 15.0. The first-order valence-electron chi connectivity index (χ1n) is 6.45. The van der Waals surface area contributed by atoms with E-state index in [-0.39, 0.29) is 11.6 Å². The zero-order valence-corrected chi connectivity index (χ0v) is 11.7. The van der Waals surface area contributed by atoms with Crippen molar-refractivity contribution in [2.45, 2.75) is 12.8 Å². The van der Waals surface area contributed by atoms with Gasteiger partial charge in [0.2, 0.25) is 0 Å². The summed E-state index contributed by atoms with van der Waals surface area (Å²) in [4.78, 5) is 23.8. The van der Waals surface area contributed by atoms with Crippen LogP contribution in [0.15, 0.2) is 12.1 Å². The van der Waals surface area contributed by atoms with E-state index in [2.05, 4.69) is 8.75 Å². The van der Waals surface area contributed by atoms with Crippen molar-refractivity contribution in [1.82, 2.24) is 8.75 Å². The van der Waals surface area contributed by atoms with Gasteiger partial charge in [-0.25, -0.2) is 0 Å². The number of benzene rings is 1. The van der Waals surface area contributed by atoms with Crippen LogP contribution >= 0.6 is 11.7 Å². The van der Waals surface area contributed by atoms with Crippen molar-refractivity contribution in [1.29, 1.82) is 0 Å². The van der Waals surface area contributed by atoms with Crippen LogP contribution in [0.5, 0.6) is 0 Å². The molecule has 0 amide bonds. The number of nitro benzene ring substituents is 1. The largest absolute Gasteiger partial charge is 0.481 e. The van der Waals surface area contributed by atoms with Gasteiger partial charge in [-0.05, 0) is 25.0 Å². The second-order valence-corrected chi connectivity index (χ2v) is 5.45. The van der Waals surface area contributed by atoms with Crippen molar-refractivity contribution in [3.05, 3.63) is 22.2 Å². The highest BCUT2D eigenvalue weighted by Crippen LogP contribution is 2.36. The van der Waals surface area contributed by atoms with Crippen molar-refractivity contribution in [3.63, 3.8) is 0 Å². The lowest BCUT2D eigenvalue weighted by Gasteiger charge is -2.31. The lowest BCUT2D eigenvalue weighted by molar-refractivity contribution is -0.382. The third-order valence-corrected chi connectivity index (χ3v) is 4.29. The predicted octanol–water partition coefficient (Wildman–Crippen LogP) is 1.90. The average Bonchev–Trinajstić information content (AvgIpc) is 2.94. The van der Waals surface area contributed by atoms with E-state index >= 15 is 0 Å². The Hall–Kier alpha value is -2.29. The monoisotopic (exact) mass is 308 g/mol. The van der Waals surface area contributed by atoms with Gasteiger partial charge in [0.05, 0.1) is 22.6 Å². The summed E-state index contributed by atoms with van der Waals surface area (Å²) in [6.07, 6.45) is 0.972. The number of anilines is 1. The smallest absolute Gasteiger partial charge is 0.321 e. The standard InChI is InChI=1S/C12H12N4O4S/c17-12(18)7-3-5-15(6-4-7)9-2-1-8-10(14-21-13-8)11(9)16(19)20/h1-2,7H,3-6H2,(H,17,18). The summed E-state index contributed by atoms with van der Waals surface area (Å²) < 4.78 is 8.02. The number of carboxylic acids is 1. The molecule has 0 spiro atoms. The van der Waals surface area contributed by atoms with Gasteiger partial charge in [0.25, 0.3) is 0 Å². The van der Waals surface area contributed by atoms with Gasteiger partial charge < -0.3 is 10.0 Å². The molecule has 21 heavy (non-hydrogen) atoms. The molecule has 1 saturated heterocycles. The summed E-state index contributed by atoms with van der Waals surface area (Å²) in [5.41, 5.74) is 1.25. The number of fused-ring (bicyclic) bond motifs is 1. The molecule has 1 N–H and O–H groups in total. The number of piperidine rings is 1. The molecule has 1 aromatic heterocycles. The average molecular weight is 308 g/mol. The number of hydrogen-bond donors (Lipinski definition) is 1. The molecule has 3 rings (SSSR count). The second-order valence-electron chi connectivity index (χ2n) is 4.92. The van der Waals surface area contributed by atoms with Crippen LogP contribution < -0.4 is 4.90 Å². The van der Waals surface area contributed by atoms with Gasteiger partial charge in [-0.3, -0.25) is 14.9 Å². The quantitative estimate of drug-likeness (QED) is 0.681. The Kier molecular flexibility index (Phi) is 3.42. The van der Waals surface area contributed by atoms with E-state index in [1.54, 1.807) is 12.1 Å². The first-order chi connectivity index (χ1) is 10.1. The molecular weight excluding hydrogens is 296 g/mol. The minimum Gasteiger partial charge on any atom is -0.481 e. The zero-order valence-electron chi connectivity index (χ0n) is 10.9. The summed E-state index contributed by atoms with van der Waals surface area (Å²) in [6, 6.07) is 3.38. The summed E-state index contributed by atoms with van der Waals surface area (Å²) in [5, 5.41) is 20.4. The molecule has 0 radical (unpaired) electrons. The lowest BCUT2D eigenvalue weighted by atomic mass is 9.96. The summed E-state index contributed by atoms with van der Waals surface area (Å²) >= 11 is 0.943. The van der Waals surface area contributed by atoms with E-state index in [1.165, 1.54) is 0 Å². The fourth-order valence-electron chi connectivity index (χ4n) is 2.63. The van der Waals surface area contributed by atoms with Crippen LogP contribution in [0, 0.1) is 16.0 Å². The molecule has 1 aliphatic rings. The van der Waals surface area contributed by atoms with Crippen LogP contribution in [0.3, 0.4) is 0 Å². The van der Waals surface area contributed by atoms with Crippen molar-refractivity contribution < 1.29 is 14.8 Å². The number of aliphatic carboxylic acids is 1. The van der Waals surface area contributed by atoms with E-state index in [9.17, 15) is 14.9 Å². The number of hydrogen-bond acceptors (Lipinski definition) is 7. The number of rotatable bonds is 3. The van der Waals surface area contributed by atoms with Crippen LogP contribution in [-0.2, 0) is 4.79 Å². The Bertz CT molecular complexity index is 708. The van der Waals surface area contributed by atoms with Gasteiger partial charge in [0, 0.05) is 13.1 Å². The number of aromatic nitrogens is 2. The third-order valence-electron chi connectivity index (χ3n) is 3.75. The van der Waals surface area contributed by atoms with Gasteiger partial charge in [0.15, 0.2) is 5.52 Å². The minimum atomic E-state index is -0.802. The maximum Gasteiger partial charge on any atom is 0.321 e. The Morgan fingerprint density at radius 1 is 1.38 bits per heavy atom. The topological polar surface area (TPSA) is 109 Å². The minimum absolute atomic E-state index is 0.0463. The van der Waals surface area contributed by atoms with Crippen molar-refractivity contribution in [2.24, 2.45) is 5.92 Å². The van der Waals surface area contributed by atoms with E-state index in [4.69, 9.17) is 5.11 Å². The summed E-state index contributed by atoms with van der Waals surface area (Å²) in [6.45, 7) is 0.974. The summed E-state index contributed by atoms with van der Waals surface area (Å²) in [5.74, 6) is -1.17. The molecule has 0 atom stereocenters. The maximum atomic E-state index is 11.4. The molecule has 0 unspecified atom stereocenters. The van der Waals surface area contributed by atoms with Crippen molar-refractivity contribution in [2.75, 3.05) is 18.0 Å². The Labute approximate surface area is 123 Å². The maximum absolute atomic E-state index is 11.4. The first kappa shape index (κ1) is 13.7. The van der Waals surface area contributed by atoms with Crippen LogP contribution in [0.1, 0.15) is 12.8 Å². The fourth-order valence-corrected chi connectivity index (χ4v) is 3.17. The molecule has 110 valence electrons. The molecule has 1 aromatic carbocycles. The molecule has 2 heterocycles. The summed E-state index contributed by atoms with van der Waals surface area (Å²) in [7, 11) is 0. The van der Waals surface area contributed by atoms with E-state index < -0.39 is 10.9 Å². The lowest BCUT2D eigenvalue weighted by Crippen LogP contribution is -2.36. The Morgan fingerprint density at radius 3 is 2.71 bits per heavy atom. The van der Waals surface area contributed by atoms with Crippen LogP contribution in [-0.4, -0.2) is 37.8 Å². The van der Waals surface area contributed by atoms with Gasteiger partial charge in [-0.2, -0.15) is 8.75 Å². The molecule has 1 fully saturated rings. The molecular formula is C12H12N4O4S. The van der Waals surface area contributed by atoms with E-state index in [0.717, 1.165) is 11.7 Å². The van der Waals surface area contributed by atoms with Crippen LogP contribution in [0.2, 0.25) is 0 Å². The number of carboxylic acid groups (broad SMARTS) is 1. The second kappa shape index (κ2) is 5.24. The third kappa shape index (κ3) is 2.40. The predicted molar refractivity (Wildman–Crippen MR) is 76.6 cm³/mol. The first-order valence-corrected chi connectivity index (χ1v) is 7.18. The van der Waals surface area contributed by atoms with Crippen LogP contribution in [0.4, 0.5) is 11.4 Å². The van der Waals surface area contributed by atoms with Gasteiger partial charge >= 0.3 is 11.7 Å². The Morgan fingerprint density at radius 2 is 2.10 bits per heavy atom. The van der Waals surface area contributed by atoms with Crippen molar-refractivity contribution >= 4 is 40.1 Å². The molecule has 2 aromatic rings. The molecule has 0 saturated carbocycles. The van der Waals surface area contributed by atoms with Gasteiger partial charge in [-0.15, -0.1) is 0 Å². The molecule has 0 aliphatic carbocycles. The van der Waals surface area contributed by atoms with E-state index in [0.29, 0.717) is 42.7 Å². The molecule has 0 bridgehead atoms.